The van der Waals surface area contributed by atoms with Gasteiger partial charge < -0.3 is 14.2 Å². The number of methoxy groups -OCH3 is 2. The molecule has 0 saturated carbocycles. The monoisotopic (exact) mass is 351 g/mol. The van der Waals surface area contributed by atoms with Crippen molar-refractivity contribution in [3.05, 3.63) is 60.2 Å². The van der Waals surface area contributed by atoms with E-state index in [0.29, 0.717) is 5.75 Å². The second-order valence-electron chi connectivity index (χ2n) is 4.97. The predicted molar refractivity (Wildman–Crippen MR) is 97.1 cm³/mol. The van der Waals surface area contributed by atoms with Crippen molar-refractivity contribution in [1.29, 1.82) is 0 Å². The molecule has 1 heterocycles. The van der Waals surface area contributed by atoms with E-state index in [0.717, 1.165) is 11.3 Å². The lowest BCUT2D eigenvalue weighted by Crippen LogP contribution is -2.02. The minimum atomic E-state index is 0.0607. The van der Waals surface area contributed by atoms with E-state index in [1.165, 1.54) is 14.2 Å². The molecule has 0 aliphatic heterocycles. The van der Waals surface area contributed by atoms with Gasteiger partial charge in [0.05, 0.1) is 26.1 Å². The van der Waals surface area contributed by atoms with E-state index in [-0.39, 0.29) is 18.0 Å². The van der Waals surface area contributed by atoms with E-state index in [2.05, 4.69) is 25.5 Å². The van der Waals surface area contributed by atoms with Gasteiger partial charge in [-0.3, -0.25) is 5.43 Å². The molecule has 2 aromatic carbocycles. The third kappa shape index (κ3) is 4.44. The lowest BCUT2D eigenvalue weighted by atomic mass is 10.2. The van der Waals surface area contributed by atoms with Gasteiger partial charge in [-0.15, -0.1) is 15.0 Å². The minimum Gasteiger partial charge on any atom is -0.467 e. The van der Waals surface area contributed by atoms with Crippen LogP contribution >= 0.6 is 0 Å². The molecule has 26 heavy (non-hydrogen) atoms. The van der Waals surface area contributed by atoms with Crippen LogP contribution in [0.5, 0.6) is 23.8 Å². The first-order valence-corrected chi connectivity index (χ1v) is 7.73. The topological polar surface area (TPSA) is 90.8 Å². The van der Waals surface area contributed by atoms with Gasteiger partial charge in [0.25, 0.3) is 0 Å². The summed E-state index contributed by atoms with van der Waals surface area (Å²) in [7, 11) is 2.91. The Bertz CT molecular complexity index is 865. The first-order chi connectivity index (χ1) is 12.8. The van der Waals surface area contributed by atoms with Gasteiger partial charge in [-0.1, -0.05) is 30.3 Å². The number of ether oxygens (including phenoxy) is 3. The average Bonchev–Trinajstić information content (AvgIpc) is 2.69. The first kappa shape index (κ1) is 17.2. The zero-order chi connectivity index (χ0) is 18.2. The molecular weight excluding hydrogens is 334 g/mol. The Balaban J connectivity index is 1.79. The number of hydrazone groups is 1. The quantitative estimate of drug-likeness (QED) is 0.516. The maximum atomic E-state index is 5.76. The van der Waals surface area contributed by atoms with Gasteiger partial charge in [-0.25, -0.2) is 0 Å². The Kier molecular flexibility index (Phi) is 5.56. The van der Waals surface area contributed by atoms with Crippen molar-refractivity contribution in [2.45, 2.75) is 0 Å². The summed E-state index contributed by atoms with van der Waals surface area (Å²) in [5.74, 6) is 0.529. The summed E-state index contributed by atoms with van der Waals surface area (Å²) in [5, 5.41) is 4.22. The number of aromatic nitrogens is 3. The van der Waals surface area contributed by atoms with Crippen molar-refractivity contribution in [3.8, 4) is 23.8 Å². The molecule has 0 amide bonds. The Morgan fingerprint density at radius 1 is 0.808 bits per heavy atom. The van der Waals surface area contributed by atoms with Gasteiger partial charge in [-0.05, 0) is 24.3 Å². The highest BCUT2D eigenvalue weighted by Crippen LogP contribution is 2.24. The van der Waals surface area contributed by atoms with Crippen LogP contribution in [0.4, 0.5) is 5.69 Å². The van der Waals surface area contributed by atoms with E-state index in [4.69, 9.17) is 14.2 Å². The first-order valence-electron chi connectivity index (χ1n) is 7.73. The predicted octanol–water partition coefficient (Wildman–Crippen LogP) is 3.13. The summed E-state index contributed by atoms with van der Waals surface area (Å²) >= 11 is 0. The molecule has 0 fully saturated rings. The molecule has 0 radical (unpaired) electrons. The summed E-state index contributed by atoms with van der Waals surface area (Å²) in [6, 6.07) is 17.3. The summed E-state index contributed by atoms with van der Waals surface area (Å²) in [5.41, 5.74) is 4.58. The van der Waals surface area contributed by atoms with E-state index >= 15 is 0 Å². The van der Waals surface area contributed by atoms with Crippen LogP contribution in [0, 0.1) is 0 Å². The molecule has 0 aliphatic carbocycles. The van der Waals surface area contributed by atoms with Gasteiger partial charge >= 0.3 is 18.0 Å². The Morgan fingerprint density at radius 3 is 2.12 bits per heavy atom. The van der Waals surface area contributed by atoms with E-state index in [9.17, 15) is 0 Å². The van der Waals surface area contributed by atoms with Crippen molar-refractivity contribution < 1.29 is 14.2 Å². The maximum absolute atomic E-state index is 5.76. The van der Waals surface area contributed by atoms with E-state index in [1.54, 1.807) is 12.3 Å². The number of nitrogens with one attached hydrogen (secondary N) is 1. The van der Waals surface area contributed by atoms with Crippen LogP contribution in [0.2, 0.25) is 0 Å². The van der Waals surface area contributed by atoms with Crippen LogP contribution in [0.3, 0.4) is 0 Å². The SMILES string of the molecule is COc1nc(OC)nc(Oc2ccccc2C=NNc2ccccc2)n1. The van der Waals surface area contributed by atoms with Crippen molar-refractivity contribution in [2.75, 3.05) is 19.6 Å². The zero-order valence-electron chi connectivity index (χ0n) is 14.3. The van der Waals surface area contributed by atoms with Gasteiger partial charge in [0.15, 0.2) is 0 Å². The number of hydrogen-bond donors (Lipinski definition) is 1. The highest BCUT2D eigenvalue weighted by molar-refractivity contribution is 5.84. The molecular formula is C18H17N5O3. The van der Waals surface area contributed by atoms with Gasteiger partial charge in [0, 0.05) is 5.56 Å². The van der Waals surface area contributed by atoms with Crippen LogP contribution in [0.1, 0.15) is 5.56 Å². The van der Waals surface area contributed by atoms with Crippen LogP contribution < -0.4 is 19.6 Å². The van der Waals surface area contributed by atoms with Crippen molar-refractivity contribution in [1.82, 2.24) is 15.0 Å². The highest BCUT2D eigenvalue weighted by atomic mass is 16.5. The van der Waals surface area contributed by atoms with Gasteiger partial charge in [0.2, 0.25) is 0 Å². The molecule has 3 aromatic rings. The van der Waals surface area contributed by atoms with Crippen LogP contribution in [-0.4, -0.2) is 35.4 Å². The van der Waals surface area contributed by atoms with E-state index in [1.807, 2.05) is 48.5 Å². The molecule has 132 valence electrons. The summed E-state index contributed by atoms with van der Waals surface area (Å²) in [6.07, 6.45) is 1.65. The Labute approximate surface area is 150 Å². The number of hydrogen-bond acceptors (Lipinski definition) is 8. The molecule has 0 aliphatic rings. The number of rotatable bonds is 7. The summed E-state index contributed by atoms with van der Waals surface area (Å²) in [6.45, 7) is 0. The molecule has 0 bridgehead atoms. The molecule has 0 saturated heterocycles. The van der Waals surface area contributed by atoms with Crippen LogP contribution in [-0.2, 0) is 0 Å². The lowest BCUT2D eigenvalue weighted by molar-refractivity contribution is 0.320. The molecule has 8 nitrogen and oxygen atoms in total. The molecule has 1 N–H and O–H groups in total. The standard InChI is InChI=1S/C18H17N5O3/c1-24-16-20-17(25-2)22-18(21-16)26-15-11-7-6-8-13(15)12-19-23-14-9-4-3-5-10-14/h3-12,23H,1-2H3. The molecule has 0 unspecified atom stereocenters. The number of anilines is 1. The van der Waals surface area contributed by atoms with Gasteiger partial charge in [-0.2, -0.15) is 5.10 Å². The fourth-order valence-electron chi connectivity index (χ4n) is 2.02. The molecule has 3 rings (SSSR count). The molecule has 8 heteroatoms. The number of para-hydroxylation sites is 2. The van der Waals surface area contributed by atoms with Crippen molar-refractivity contribution >= 4 is 11.9 Å². The summed E-state index contributed by atoms with van der Waals surface area (Å²) < 4.78 is 15.8. The second kappa shape index (κ2) is 8.43. The van der Waals surface area contributed by atoms with E-state index < -0.39 is 0 Å². The second-order valence-corrected chi connectivity index (χ2v) is 4.97. The number of benzene rings is 2. The third-order valence-corrected chi connectivity index (χ3v) is 3.23. The third-order valence-electron chi connectivity index (χ3n) is 3.23. The van der Waals surface area contributed by atoms with Crippen molar-refractivity contribution in [3.63, 3.8) is 0 Å². The van der Waals surface area contributed by atoms with Crippen LogP contribution in [0.15, 0.2) is 59.7 Å². The van der Waals surface area contributed by atoms with Crippen molar-refractivity contribution in [2.24, 2.45) is 5.10 Å². The highest BCUT2D eigenvalue weighted by Gasteiger charge is 2.11. The maximum Gasteiger partial charge on any atom is 0.331 e. The summed E-state index contributed by atoms with van der Waals surface area (Å²) in [4.78, 5) is 12.0. The lowest BCUT2D eigenvalue weighted by Gasteiger charge is -2.08. The fourth-order valence-corrected chi connectivity index (χ4v) is 2.02. The average molecular weight is 351 g/mol. The Morgan fingerprint density at radius 2 is 1.42 bits per heavy atom. The molecule has 1 aromatic heterocycles. The minimum absolute atomic E-state index is 0.0607. The van der Waals surface area contributed by atoms with Crippen LogP contribution in [0.25, 0.3) is 0 Å². The largest absolute Gasteiger partial charge is 0.467 e. The molecule has 0 spiro atoms. The number of nitrogens with zero attached hydrogens (tertiary/aromatic N) is 4. The molecule has 0 atom stereocenters. The van der Waals surface area contributed by atoms with Gasteiger partial charge in [0.1, 0.15) is 5.75 Å². The fraction of sp³-hybridized carbons (Fsp3) is 0.111. The zero-order valence-corrected chi connectivity index (χ0v) is 14.3. The Hall–Kier alpha value is -3.68. The smallest absolute Gasteiger partial charge is 0.331 e. The normalized spacial score (nSPS) is 10.5.